The molecule has 0 radical (unpaired) electrons. The standard InChI is InChI=1S/C13H12F3N5O/c1-7-3-9(4-17)18-19-11(7)10-6-21(5-8(2)22)20-12(10)13(14,15)16/h3,6,8,22H,5H2,1-2H3. The van der Waals surface area contributed by atoms with Gasteiger partial charge in [-0.05, 0) is 25.5 Å². The van der Waals surface area contributed by atoms with Crippen molar-refractivity contribution in [1.29, 1.82) is 5.26 Å². The number of hydrogen-bond acceptors (Lipinski definition) is 5. The third kappa shape index (κ3) is 3.23. The summed E-state index contributed by atoms with van der Waals surface area (Å²) >= 11 is 0. The van der Waals surface area contributed by atoms with Crippen LogP contribution in [0.2, 0.25) is 0 Å². The highest BCUT2D eigenvalue weighted by Gasteiger charge is 2.38. The van der Waals surface area contributed by atoms with Crippen molar-refractivity contribution < 1.29 is 18.3 Å². The zero-order valence-corrected chi connectivity index (χ0v) is 11.8. The first-order valence-electron chi connectivity index (χ1n) is 6.30. The number of halogens is 3. The summed E-state index contributed by atoms with van der Waals surface area (Å²) in [5.74, 6) is 0. The number of rotatable bonds is 3. The second-order valence-corrected chi connectivity index (χ2v) is 4.83. The van der Waals surface area contributed by atoms with E-state index in [9.17, 15) is 18.3 Å². The van der Waals surface area contributed by atoms with Crippen molar-refractivity contribution >= 4 is 0 Å². The molecule has 0 bridgehead atoms. The highest BCUT2D eigenvalue weighted by molar-refractivity contribution is 5.65. The molecule has 2 aromatic rings. The van der Waals surface area contributed by atoms with E-state index in [2.05, 4.69) is 15.3 Å². The fourth-order valence-electron chi connectivity index (χ4n) is 1.97. The molecular formula is C13H12F3N5O. The first kappa shape index (κ1) is 15.9. The number of aliphatic hydroxyl groups is 1. The second kappa shape index (κ2) is 5.73. The number of aliphatic hydroxyl groups excluding tert-OH is 1. The van der Waals surface area contributed by atoms with Crippen molar-refractivity contribution in [3.05, 3.63) is 29.2 Å². The molecule has 22 heavy (non-hydrogen) atoms. The lowest BCUT2D eigenvalue weighted by Gasteiger charge is -2.07. The van der Waals surface area contributed by atoms with Crippen molar-refractivity contribution in [1.82, 2.24) is 20.0 Å². The van der Waals surface area contributed by atoms with E-state index in [0.717, 1.165) is 4.68 Å². The summed E-state index contributed by atoms with van der Waals surface area (Å²) < 4.78 is 40.4. The lowest BCUT2D eigenvalue weighted by molar-refractivity contribution is -0.141. The number of aryl methyl sites for hydroxylation is 1. The van der Waals surface area contributed by atoms with Gasteiger partial charge in [0.15, 0.2) is 11.4 Å². The smallest absolute Gasteiger partial charge is 0.391 e. The van der Waals surface area contributed by atoms with Crippen LogP contribution in [-0.4, -0.2) is 31.2 Å². The largest absolute Gasteiger partial charge is 0.435 e. The minimum Gasteiger partial charge on any atom is -0.391 e. The Morgan fingerprint density at radius 3 is 2.59 bits per heavy atom. The van der Waals surface area contributed by atoms with Crippen LogP contribution in [0.25, 0.3) is 11.3 Å². The minimum absolute atomic E-state index is 0.00293. The summed E-state index contributed by atoms with van der Waals surface area (Å²) in [4.78, 5) is 0. The van der Waals surface area contributed by atoms with Crippen LogP contribution in [0.5, 0.6) is 0 Å². The number of alkyl halides is 3. The van der Waals surface area contributed by atoms with Crippen LogP contribution in [0.1, 0.15) is 23.9 Å². The maximum absolute atomic E-state index is 13.1. The minimum atomic E-state index is -4.67. The molecule has 0 aliphatic carbocycles. The SMILES string of the molecule is Cc1cc(C#N)nnc1-c1cn(CC(C)O)nc1C(F)(F)F. The Morgan fingerprint density at radius 1 is 1.41 bits per heavy atom. The summed E-state index contributed by atoms with van der Waals surface area (Å²) in [7, 11) is 0. The molecule has 0 saturated heterocycles. The third-order valence-corrected chi connectivity index (χ3v) is 2.84. The number of aromatic nitrogens is 4. The van der Waals surface area contributed by atoms with Gasteiger partial charge in [-0.2, -0.15) is 23.5 Å². The molecule has 0 fully saturated rings. The summed E-state index contributed by atoms with van der Waals surface area (Å²) in [6.07, 6.45) is -4.35. The fourth-order valence-corrected chi connectivity index (χ4v) is 1.97. The van der Waals surface area contributed by atoms with Gasteiger partial charge in [-0.15, -0.1) is 10.2 Å². The van der Waals surface area contributed by atoms with Crippen LogP contribution in [-0.2, 0) is 12.7 Å². The Bertz CT molecular complexity index is 730. The van der Waals surface area contributed by atoms with Crippen molar-refractivity contribution in [3.8, 4) is 17.3 Å². The van der Waals surface area contributed by atoms with Gasteiger partial charge < -0.3 is 5.11 Å². The third-order valence-electron chi connectivity index (χ3n) is 2.84. The van der Waals surface area contributed by atoms with Gasteiger partial charge in [0.2, 0.25) is 0 Å². The summed E-state index contributed by atoms with van der Waals surface area (Å²) in [5, 5.41) is 28.8. The van der Waals surface area contributed by atoms with Crippen LogP contribution in [0, 0.1) is 18.3 Å². The predicted molar refractivity (Wildman–Crippen MR) is 69.4 cm³/mol. The molecule has 0 saturated carbocycles. The molecule has 0 aliphatic rings. The average molecular weight is 311 g/mol. The zero-order valence-electron chi connectivity index (χ0n) is 11.8. The van der Waals surface area contributed by atoms with Crippen LogP contribution < -0.4 is 0 Å². The maximum atomic E-state index is 13.1. The summed E-state index contributed by atoms with van der Waals surface area (Å²) in [5.41, 5.74) is -0.930. The molecule has 116 valence electrons. The second-order valence-electron chi connectivity index (χ2n) is 4.83. The molecule has 1 atom stereocenters. The van der Waals surface area contributed by atoms with Gasteiger partial charge in [0, 0.05) is 6.20 Å². The van der Waals surface area contributed by atoms with Gasteiger partial charge in [-0.1, -0.05) is 0 Å². The van der Waals surface area contributed by atoms with E-state index in [-0.39, 0.29) is 23.5 Å². The summed E-state index contributed by atoms with van der Waals surface area (Å²) in [6.45, 7) is 2.91. The highest BCUT2D eigenvalue weighted by Crippen LogP contribution is 2.36. The molecule has 2 rings (SSSR count). The Labute approximate surface area is 123 Å². The van der Waals surface area contributed by atoms with Crippen molar-refractivity contribution in [2.45, 2.75) is 32.7 Å². The highest BCUT2D eigenvalue weighted by atomic mass is 19.4. The number of hydrogen-bond donors (Lipinski definition) is 1. The van der Waals surface area contributed by atoms with Crippen LogP contribution in [0.4, 0.5) is 13.2 Å². The fraction of sp³-hybridized carbons (Fsp3) is 0.385. The topological polar surface area (TPSA) is 87.6 Å². The monoisotopic (exact) mass is 311 g/mol. The maximum Gasteiger partial charge on any atom is 0.435 e. The molecule has 0 spiro atoms. The van der Waals surface area contributed by atoms with Crippen LogP contribution in [0.3, 0.4) is 0 Å². The number of nitriles is 1. The molecule has 1 N–H and O–H groups in total. The Morgan fingerprint density at radius 2 is 2.09 bits per heavy atom. The van der Waals surface area contributed by atoms with Gasteiger partial charge >= 0.3 is 6.18 Å². The Kier molecular flexibility index (Phi) is 4.14. The molecule has 2 aromatic heterocycles. The van der Waals surface area contributed by atoms with E-state index in [1.54, 1.807) is 6.07 Å². The first-order chi connectivity index (χ1) is 10.2. The van der Waals surface area contributed by atoms with Crippen molar-refractivity contribution in [2.24, 2.45) is 0 Å². The number of nitrogens with zero attached hydrogens (tertiary/aromatic N) is 5. The van der Waals surface area contributed by atoms with Gasteiger partial charge in [-0.25, -0.2) is 0 Å². The van der Waals surface area contributed by atoms with E-state index in [4.69, 9.17) is 5.26 Å². The Balaban J connectivity index is 2.58. The van der Waals surface area contributed by atoms with E-state index < -0.39 is 18.0 Å². The average Bonchev–Trinajstić information content (AvgIpc) is 2.81. The van der Waals surface area contributed by atoms with E-state index in [1.807, 2.05) is 0 Å². The normalized spacial score (nSPS) is 13.0. The Hall–Kier alpha value is -2.47. The predicted octanol–water partition coefficient (Wildman–Crippen LogP) is 1.92. The molecule has 2 heterocycles. The zero-order chi connectivity index (χ0) is 16.5. The summed E-state index contributed by atoms with van der Waals surface area (Å²) in [6, 6.07) is 3.13. The van der Waals surface area contributed by atoms with Crippen LogP contribution in [0.15, 0.2) is 12.3 Å². The van der Waals surface area contributed by atoms with Crippen LogP contribution >= 0.6 is 0 Å². The lowest BCUT2D eigenvalue weighted by atomic mass is 10.1. The quantitative estimate of drug-likeness (QED) is 0.935. The first-order valence-corrected chi connectivity index (χ1v) is 6.30. The van der Waals surface area contributed by atoms with E-state index in [0.29, 0.717) is 5.56 Å². The molecule has 0 amide bonds. The van der Waals surface area contributed by atoms with E-state index >= 15 is 0 Å². The van der Waals surface area contributed by atoms with Crippen molar-refractivity contribution in [3.63, 3.8) is 0 Å². The van der Waals surface area contributed by atoms with Gasteiger partial charge in [0.05, 0.1) is 23.9 Å². The molecule has 1 unspecified atom stereocenters. The molecule has 0 aliphatic heterocycles. The molecule has 9 heteroatoms. The molecular weight excluding hydrogens is 299 g/mol. The van der Waals surface area contributed by atoms with Gasteiger partial charge in [0.1, 0.15) is 6.07 Å². The molecule has 0 aromatic carbocycles. The van der Waals surface area contributed by atoms with E-state index in [1.165, 1.54) is 26.1 Å². The van der Waals surface area contributed by atoms with Crippen molar-refractivity contribution in [2.75, 3.05) is 0 Å². The lowest BCUT2D eigenvalue weighted by Crippen LogP contribution is -2.14. The van der Waals surface area contributed by atoms with Gasteiger partial charge in [-0.3, -0.25) is 4.68 Å². The van der Waals surface area contributed by atoms with Gasteiger partial charge in [0.25, 0.3) is 0 Å². The molecule has 6 nitrogen and oxygen atoms in total.